The molecule has 24 heavy (non-hydrogen) atoms. The van der Waals surface area contributed by atoms with Gasteiger partial charge in [-0.3, -0.25) is 9.59 Å². The molecule has 5 heteroatoms. The van der Waals surface area contributed by atoms with Gasteiger partial charge in [0, 0.05) is 35.4 Å². The van der Waals surface area contributed by atoms with Crippen molar-refractivity contribution in [1.82, 2.24) is 4.98 Å². The molecule has 1 heterocycles. The molecule has 0 fully saturated rings. The highest BCUT2D eigenvalue weighted by atomic mass is 16.2. The topological polar surface area (TPSA) is 74.0 Å². The van der Waals surface area contributed by atoms with Gasteiger partial charge in [0.05, 0.1) is 6.42 Å². The number of rotatable bonds is 4. The molecule has 0 aliphatic heterocycles. The first-order valence-corrected chi connectivity index (χ1v) is 7.75. The summed E-state index contributed by atoms with van der Waals surface area (Å²) in [5, 5.41) is 6.63. The number of hydrogen-bond acceptors (Lipinski definition) is 2. The first-order chi connectivity index (χ1) is 11.5. The first kappa shape index (κ1) is 15.8. The van der Waals surface area contributed by atoms with E-state index in [2.05, 4.69) is 21.7 Å². The summed E-state index contributed by atoms with van der Waals surface area (Å²) in [5.74, 6) is -0.204. The lowest BCUT2D eigenvalue weighted by Gasteiger charge is -2.07. The second kappa shape index (κ2) is 6.58. The molecular weight excluding hydrogens is 302 g/mol. The number of amides is 2. The molecule has 5 nitrogen and oxygen atoms in total. The van der Waals surface area contributed by atoms with Gasteiger partial charge in [-0.05, 0) is 48.4 Å². The van der Waals surface area contributed by atoms with Crippen molar-refractivity contribution in [2.24, 2.45) is 0 Å². The van der Waals surface area contributed by atoms with E-state index in [0.717, 1.165) is 16.5 Å². The molecule has 3 N–H and O–H groups in total. The Bertz CT molecular complexity index is 895. The van der Waals surface area contributed by atoms with Gasteiger partial charge in [-0.1, -0.05) is 12.1 Å². The van der Waals surface area contributed by atoms with Crippen LogP contribution in [0.5, 0.6) is 0 Å². The first-order valence-electron chi connectivity index (χ1n) is 7.75. The minimum Gasteiger partial charge on any atom is -0.361 e. The maximum atomic E-state index is 12.3. The van der Waals surface area contributed by atoms with Crippen molar-refractivity contribution in [2.75, 3.05) is 10.6 Å². The van der Waals surface area contributed by atoms with Gasteiger partial charge in [-0.2, -0.15) is 0 Å². The standard InChI is InChI=1S/C19H19N3O2/c1-12-3-8-17-14(11-20-18(17)9-12)10-19(24)22-16-6-4-15(5-7-16)21-13(2)23/h3-9,11,20H,10H2,1-2H3,(H,21,23)(H,22,24). The lowest BCUT2D eigenvalue weighted by atomic mass is 10.1. The number of carbonyl (C=O) groups is 2. The summed E-state index contributed by atoms with van der Waals surface area (Å²) in [5.41, 5.74) is 4.59. The Morgan fingerprint density at radius 2 is 1.67 bits per heavy atom. The molecule has 2 aromatic carbocycles. The molecular formula is C19H19N3O2. The number of benzene rings is 2. The van der Waals surface area contributed by atoms with Crippen LogP contribution in [0.25, 0.3) is 10.9 Å². The van der Waals surface area contributed by atoms with Crippen LogP contribution in [0, 0.1) is 6.92 Å². The predicted octanol–water partition coefficient (Wildman–Crippen LogP) is 3.62. The minimum atomic E-state index is -0.124. The summed E-state index contributed by atoms with van der Waals surface area (Å²) in [6.45, 7) is 3.50. The van der Waals surface area contributed by atoms with E-state index in [1.165, 1.54) is 12.5 Å². The van der Waals surface area contributed by atoms with E-state index in [1.54, 1.807) is 24.3 Å². The fourth-order valence-electron chi connectivity index (χ4n) is 2.66. The van der Waals surface area contributed by atoms with Gasteiger partial charge in [-0.25, -0.2) is 0 Å². The number of carbonyl (C=O) groups excluding carboxylic acids is 2. The van der Waals surface area contributed by atoms with Crippen LogP contribution in [0.15, 0.2) is 48.7 Å². The smallest absolute Gasteiger partial charge is 0.228 e. The molecule has 0 saturated carbocycles. The zero-order valence-electron chi connectivity index (χ0n) is 13.6. The average molecular weight is 321 g/mol. The van der Waals surface area contributed by atoms with Gasteiger partial charge >= 0.3 is 0 Å². The number of H-pyrrole nitrogens is 1. The van der Waals surface area contributed by atoms with Crippen molar-refractivity contribution >= 4 is 34.1 Å². The number of anilines is 2. The maximum absolute atomic E-state index is 12.3. The van der Waals surface area contributed by atoms with Crippen LogP contribution in [0.1, 0.15) is 18.1 Å². The zero-order chi connectivity index (χ0) is 17.1. The van der Waals surface area contributed by atoms with E-state index in [1.807, 2.05) is 25.3 Å². The number of aromatic amines is 1. The highest BCUT2D eigenvalue weighted by Crippen LogP contribution is 2.20. The Morgan fingerprint density at radius 3 is 2.33 bits per heavy atom. The predicted molar refractivity (Wildman–Crippen MR) is 96.1 cm³/mol. The van der Waals surface area contributed by atoms with Crippen molar-refractivity contribution in [3.05, 3.63) is 59.8 Å². The van der Waals surface area contributed by atoms with E-state index < -0.39 is 0 Å². The third-order valence-electron chi connectivity index (χ3n) is 3.76. The van der Waals surface area contributed by atoms with Gasteiger partial charge in [0.15, 0.2) is 0 Å². The molecule has 0 unspecified atom stereocenters. The lowest BCUT2D eigenvalue weighted by molar-refractivity contribution is -0.116. The van der Waals surface area contributed by atoms with Crippen molar-refractivity contribution in [3.63, 3.8) is 0 Å². The van der Waals surface area contributed by atoms with Crippen molar-refractivity contribution in [2.45, 2.75) is 20.3 Å². The van der Waals surface area contributed by atoms with Crippen LogP contribution in [0.4, 0.5) is 11.4 Å². The summed E-state index contributed by atoms with van der Waals surface area (Å²) in [6.07, 6.45) is 2.18. The van der Waals surface area contributed by atoms with Crippen LogP contribution in [-0.4, -0.2) is 16.8 Å². The monoisotopic (exact) mass is 321 g/mol. The van der Waals surface area contributed by atoms with Crippen LogP contribution in [0.3, 0.4) is 0 Å². The van der Waals surface area contributed by atoms with Gasteiger partial charge < -0.3 is 15.6 Å². The fraction of sp³-hybridized carbons (Fsp3) is 0.158. The lowest BCUT2D eigenvalue weighted by Crippen LogP contribution is -2.14. The highest BCUT2D eigenvalue weighted by molar-refractivity contribution is 5.96. The number of fused-ring (bicyclic) bond motifs is 1. The Labute approximate surface area is 140 Å². The molecule has 2 amide bonds. The van der Waals surface area contributed by atoms with Crippen molar-refractivity contribution in [1.29, 1.82) is 0 Å². The molecule has 0 aliphatic rings. The van der Waals surface area contributed by atoms with Crippen molar-refractivity contribution in [3.8, 4) is 0 Å². The molecule has 0 radical (unpaired) electrons. The van der Waals surface area contributed by atoms with Gasteiger partial charge in [0.2, 0.25) is 11.8 Å². The Morgan fingerprint density at radius 1 is 1.00 bits per heavy atom. The summed E-state index contributed by atoms with van der Waals surface area (Å²) < 4.78 is 0. The quantitative estimate of drug-likeness (QED) is 0.686. The van der Waals surface area contributed by atoms with Crippen LogP contribution in [-0.2, 0) is 16.0 Å². The molecule has 0 atom stereocenters. The average Bonchev–Trinajstić information content (AvgIpc) is 2.90. The number of nitrogens with one attached hydrogen (secondary N) is 3. The van der Waals surface area contributed by atoms with E-state index in [-0.39, 0.29) is 11.8 Å². The zero-order valence-corrected chi connectivity index (χ0v) is 13.6. The molecule has 3 rings (SSSR count). The van der Waals surface area contributed by atoms with Crippen LogP contribution >= 0.6 is 0 Å². The normalized spacial score (nSPS) is 10.6. The maximum Gasteiger partial charge on any atom is 0.228 e. The summed E-state index contributed by atoms with van der Waals surface area (Å²) in [4.78, 5) is 26.5. The molecule has 1 aromatic heterocycles. The fourth-order valence-corrected chi connectivity index (χ4v) is 2.66. The molecule has 122 valence electrons. The number of aromatic nitrogens is 1. The SMILES string of the molecule is CC(=O)Nc1ccc(NC(=O)Cc2c[nH]c3cc(C)ccc23)cc1. The van der Waals surface area contributed by atoms with E-state index >= 15 is 0 Å². The molecule has 3 aromatic rings. The summed E-state index contributed by atoms with van der Waals surface area (Å²) in [7, 11) is 0. The molecule has 0 bridgehead atoms. The van der Waals surface area contributed by atoms with E-state index in [9.17, 15) is 9.59 Å². The molecule has 0 spiro atoms. The second-order valence-corrected chi connectivity index (χ2v) is 5.85. The minimum absolute atomic E-state index is 0.0799. The Kier molecular flexibility index (Phi) is 4.33. The summed E-state index contributed by atoms with van der Waals surface area (Å²) >= 11 is 0. The Balaban J connectivity index is 1.67. The van der Waals surface area contributed by atoms with E-state index in [0.29, 0.717) is 17.8 Å². The molecule has 0 saturated heterocycles. The van der Waals surface area contributed by atoms with Crippen LogP contribution in [0.2, 0.25) is 0 Å². The van der Waals surface area contributed by atoms with Gasteiger partial charge in [-0.15, -0.1) is 0 Å². The summed E-state index contributed by atoms with van der Waals surface area (Å²) in [6, 6.07) is 13.2. The van der Waals surface area contributed by atoms with Gasteiger partial charge in [0.1, 0.15) is 0 Å². The number of hydrogen-bond donors (Lipinski definition) is 3. The Hall–Kier alpha value is -3.08. The number of aryl methyl sites for hydroxylation is 1. The van der Waals surface area contributed by atoms with Crippen LogP contribution < -0.4 is 10.6 Å². The third-order valence-corrected chi connectivity index (χ3v) is 3.76. The second-order valence-electron chi connectivity index (χ2n) is 5.85. The van der Waals surface area contributed by atoms with Gasteiger partial charge in [0.25, 0.3) is 0 Å². The largest absolute Gasteiger partial charge is 0.361 e. The highest BCUT2D eigenvalue weighted by Gasteiger charge is 2.09. The molecule has 0 aliphatic carbocycles. The van der Waals surface area contributed by atoms with E-state index in [4.69, 9.17) is 0 Å². The third kappa shape index (κ3) is 3.63. The van der Waals surface area contributed by atoms with Crippen molar-refractivity contribution < 1.29 is 9.59 Å².